The topological polar surface area (TPSA) is 38.1 Å². The van der Waals surface area contributed by atoms with Crippen LogP contribution >= 0.6 is 27.3 Å². The van der Waals surface area contributed by atoms with Crippen molar-refractivity contribution in [2.75, 3.05) is 0 Å². The van der Waals surface area contributed by atoms with Crippen molar-refractivity contribution in [3.8, 4) is 0 Å². The van der Waals surface area contributed by atoms with E-state index in [1.807, 2.05) is 6.92 Å². The van der Waals surface area contributed by atoms with Gasteiger partial charge in [-0.2, -0.15) is 0 Å². The second-order valence-corrected chi connectivity index (χ2v) is 5.85. The van der Waals surface area contributed by atoms with E-state index in [-0.39, 0.29) is 12.1 Å². The Kier molecular flexibility index (Phi) is 4.01. The number of hydrogen-bond acceptors (Lipinski definition) is 4. The molecule has 0 aromatic carbocycles. The first kappa shape index (κ1) is 12.8. The van der Waals surface area contributed by atoms with Gasteiger partial charge in [-0.1, -0.05) is 0 Å². The van der Waals surface area contributed by atoms with E-state index in [4.69, 9.17) is 4.42 Å². The van der Waals surface area contributed by atoms with Gasteiger partial charge in [-0.15, -0.1) is 11.3 Å². The summed E-state index contributed by atoms with van der Waals surface area (Å²) >= 11 is 5.29. The van der Waals surface area contributed by atoms with E-state index in [0.29, 0.717) is 0 Å². The van der Waals surface area contributed by atoms with E-state index < -0.39 is 0 Å². The normalized spacial score (nSPS) is 14.8. The van der Waals surface area contributed by atoms with Gasteiger partial charge in [0.05, 0.1) is 12.2 Å². The molecule has 0 saturated heterocycles. The lowest BCUT2D eigenvalue weighted by Gasteiger charge is -2.17. The van der Waals surface area contributed by atoms with Crippen molar-refractivity contribution in [2.24, 2.45) is 0 Å². The minimum atomic E-state index is 0.104. The van der Waals surface area contributed by atoms with Gasteiger partial charge in [-0.3, -0.25) is 5.32 Å². The fourth-order valence-corrected chi connectivity index (χ4v) is 3.44. The SMILES string of the molecule is Cc1cnc(C(C)NC(C)c2sccc2Br)o1. The Morgan fingerprint density at radius 2 is 2.18 bits per heavy atom. The molecule has 0 radical (unpaired) electrons. The van der Waals surface area contributed by atoms with Crippen molar-refractivity contribution >= 4 is 27.3 Å². The zero-order chi connectivity index (χ0) is 12.4. The van der Waals surface area contributed by atoms with Crippen LogP contribution in [0.1, 0.15) is 42.5 Å². The van der Waals surface area contributed by atoms with Crippen LogP contribution in [0.5, 0.6) is 0 Å². The van der Waals surface area contributed by atoms with Crippen molar-refractivity contribution in [3.63, 3.8) is 0 Å². The molecule has 2 heterocycles. The van der Waals surface area contributed by atoms with Gasteiger partial charge in [-0.05, 0) is 48.1 Å². The molecule has 0 aliphatic carbocycles. The molecule has 17 heavy (non-hydrogen) atoms. The highest BCUT2D eigenvalue weighted by atomic mass is 79.9. The van der Waals surface area contributed by atoms with E-state index in [9.17, 15) is 0 Å². The monoisotopic (exact) mass is 314 g/mol. The van der Waals surface area contributed by atoms with Gasteiger partial charge in [0.25, 0.3) is 0 Å². The lowest BCUT2D eigenvalue weighted by Crippen LogP contribution is -2.22. The molecule has 2 unspecified atom stereocenters. The van der Waals surface area contributed by atoms with Gasteiger partial charge >= 0.3 is 0 Å². The maximum absolute atomic E-state index is 5.51. The summed E-state index contributed by atoms with van der Waals surface area (Å²) in [5.74, 6) is 1.58. The summed E-state index contributed by atoms with van der Waals surface area (Å²) in [7, 11) is 0. The summed E-state index contributed by atoms with van der Waals surface area (Å²) < 4.78 is 6.66. The Morgan fingerprint density at radius 1 is 1.41 bits per heavy atom. The quantitative estimate of drug-likeness (QED) is 0.918. The molecule has 2 rings (SSSR count). The van der Waals surface area contributed by atoms with Crippen molar-refractivity contribution in [1.82, 2.24) is 10.3 Å². The van der Waals surface area contributed by atoms with E-state index in [1.54, 1.807) is 17.5 Å². The van der Waals surface area contributed by atoms with Crippen molar-refractivity contribution in [1.29, 1.82) is 0 Å². The molecule has 5 heteroatoms. The Labute approximate surface area is 113 Å². The Hall–Kier alpha value is -0.650. The smallest absolute Gasteiger partial charge is 0.211 e. The van der Waals surface area contributed by atoms with E-state index in [1.165, 1.54) is 4.88 Å². The molecular formula is C12H15BrN2OS. The number of nitrogens with one attached hydrogen (secondary N) is 1. The molecule has 1 N–H and O–H groups in total. The fraction of sp³-hybridized carbons (Fsp3) is 0.417. The third kappa shape index (κ3) is 2.97. The van der Waals surface area contributed by atoms with E-state index in [0.717, 1.165) is 16.1 Å². The predicted octanol–water partition coefficient (Wildman–Crippen LogP) is 4.22. The number of hydrogen-bond donors (Lipinski definition) is 1. The number of rotatable bonds is 4. The molecule has 0 saturated carbocycles. The van der Waals surface area contributed by atoms with Crippen LogP contribution in [0.3, 0.4) is 0 Å². The first-order valence-electron chi connectivity index (χ1n) is 5.49. The molecule has 2 aromatic rings. The van der Waals surface area contributed by atoms with Gasteiger partial charge in [0.2, 0.25) is 5.89 Å². The lowest BCUT2D eigenvalue weighted by atomic mass is 10.2. The minimum absolute atomic E-state index is 0.104. The number of thiophene rings is 1. The van der Waals surface area contributed by atoms with Gasteiger partial charge in [-0.25, -0.2) is 4.98 Å². The summed E-state index contributed by atoms with van der Waals surface area (Å²) in [5.41, 5.74) is 0. The third-order valence-corrected chi connectivity index (χ3v) is 4.60. The highest BCUT2D eigenvalue weighted by Crippen LogP contribution is 2.30. The molecule has 2 aromatic heterocycles. The van der Waals surface area contributed by atoms with Gasteiger partial charge in [0, 0.05) is 15.4 Å². The second-order valence-electron chi connectivity index (χ2n) is 4.05. The Bertz CT molecular complexity index is 494. The second kappa shape index (κ2) is 5.33. The zero-order valence-electron chi connectivity index (χ0n) is 10.0. The van der Waals surface area contributed by atoms with Crippen molar-refractivity contribution < 1.29 is 4.42 Å². The molecule has 0 aliphatic heterocycles. The molecule has 0 bridgehead atoms. The standard InChI is InChI=1S/C12H15BrN2OS/c1-7-6-14-12(16-7)9(3)15-8(2)11-10(13)4-5-17-11/h4-6,8-9,15H,1-3H3. The van der Waals surface area contributed by atoms with Crippen molar-refractivity contribution in [3.05, 3.63) is 38.6 Å². The molecule has 0 spiro atoms. The first-order chi connectivity index (χ1) is 8.08. The van der Waals surface area contributed by atoms with Crippen LogP contribution in [0, 0.1) is 6.92 Å². The average Bonchev–Trinajstić information content (AvgIpc) is 2.86. The van der Waals surface area contributed by atoms with E-state index in [2.05, 4.69) is 51.5 Å². The maximum Gasteiger partial charge on any atom is 0.211 e. The first-order valence-corrected chi connectivity index (χ1v) is 7.16. The number of aromatic nitrogens is 1. The van der Waals surface area contributed by atoms with Crippen LogP contribution in [-0.4, -0.2) is 4.98 Å². The van der Waals surface area contributed by atoms with Gasteiger partial charge in [0.1, 0.15) is 5.76 Å². The molecular weight excluding hydrogens is 300 g/mol. The molecule has 0 aliphatic rings. The molecule has 0 fully saturated rings. The molecule has 92 valence electrons. The van der Waals surface area contributed by atoms with Crippen LogP contribution in [0.15, 0.2) is 26.5 Å². The summed E-state index contributed by atoms with van der Waals surface area (Å²) in [6.07, 6.45) is 1.75. The highest BCUT2D eigenvalue weighted by Gasteiger charge is 2.17. The van der Waals surface area contributed by atoms with Crippen LogP contribution in [-0.2, 0) is 0 Å². The van der Waals surface area contributed by atoms with Gasteiger partial charge < -0.3 is 4.42 Å². The number of nitrogens with zero attached hydrogens (tertiary/aromatic N) is 1. The van der Waals surface area contributed by atoms with Crippen LogP contribution in [0.4, 0.5) is 0 Å². The molecule has 2 atom stereocenters. The minimum Gasteiger partial charge on any atom is -0.444 e. The number of halogens is 1. The highest BCUT2D eigenvalue weighted by molar-refractivity contribution is 9.10. The summed E-state index contributed by atoms with van der Waals surface area (Å²) in [5, 5.41) is 5.56. The van der Waals surface area contributed by atoms with Crippen LogP contribution < -0.4 is 5.32 Å². The van der Waals surface area contributed by atoms with Crippen LogP contribution in [0.25, 0.3) is 0 Å². The van der Waals surface area contributed by atoms with Gasteiger partial charge in [0.15, 0.2) is 0 Å². The Balaban J connectivity index is 2.04. The molecule has 3 nitrogen and oxygen atoms in total. The predicted molar refractivity (Wildman–Crippen MR) is 73.2 cm³/mol. The third-order valence-electron chi connectivity index (χ3n) is 2.55. The fourth-order valence-electron chi connectivity index (χ4n) is 1.71. The summed E-state index contributed by atoms with van der Waals surface area (Å²) in [6.45, 7) is 6.11. The maximum atomic E-state index is 5.51. The van der Waals surface area contributed by atoms with Crippen molar-refractivity contribution in [2.45, 2.75) is 32.9 Å². The zero-order valence-corrected chi connectivity index (χ0v) is 12.4. The summed E-state index contributed by atoms with van der Waals surface area (Å²) in [4.78, 5) is 5.53. The van der Waals surface area contributed by atoms with E-state index >= 15 is 0 Å². The lowest BCUT2D eigenvalue weighted by molar-refractivity contribution is 0.381. The van der Waals surface area contributed by atoms with Crippen LogP contribution in [0.2, 0.25) is 0 Å². The molecule has 0 amide bonds. The average molecular weight is 315 g/mol. The number of aryl methyl sites for hydroxylation is 1. The Morgan fingerprint density at radius 3 is 2.71 bits per heavy atom. The summed E-state index contributed by atoms with van der Waals surface area (Å²) in [6, 6.07) is 2.44. The largest absolute Gasteiger partial charge is 0.444 e. The number of oxazole rings is 1.